The molecule has 42 heavy (non-hydrogen) atoms. The predicted octanol–water partition coefficient (Wildman–Crippen LogP) is 4.12. The van der Waals surface area contributed by atoms with Gasteiger partial charge in [0.1, 0.15) is 6.07 Å². The maximum absolute atomic E-state index is 11.7. The minimum atomic E-state index is -0.134. The predicted molar refractivity (Wildman–Crippen MR) is 160 cm³/mol. The fourth-order valence-corrected chi connectivity index (χ4v) is 7.58. The van der Waals surface area contributed by atoms with Crippen LogP contribution in [0, 0.1) is 23.2 Å². The normalized spacial score (nSPS) is 23.1. The van der Waals surface area contributed by atoms with Crippen molar-refractivity contribution in [3.8, 4) is 28.0 Å². The van der Waals surface area contributed by atoms with Crippen LogP contribution in [0.5, 0.6) is 0 Å². The van der Waals surface area contributed by atoms with Gasteiger partial charge in [0.05, 0.1) is 34.2 Å². The largest absolute Gasteiger partial charge is 0.381 e. The van der Waals surface area contributed by atoms with Crippen molar-refractivity contribution in [2.45, 2.75) is 51.1 Å². The highest BCUT2D eigenvalue weighted by Gasteiger charge is 2.43. The minimum Gasteiger partial charge on any atom is -0.381 e. The topological polar surface area (TPSA) is 133 Å². The van der Waals surface area contributed by atoms with Gasteiger partial charge in [0.25, 0.3) is 0 Å². The first-order valence-electron chi connectivity index (χ1n) is 14.5. The van der Waals surface area contributed by atoms with Crippen LogP contribution in [-0.4, -0.2) is 68.6 Å². The molecule has 4 aromatic heterocycles. The van der Waals surface area contributed by atoms with Gasteiger partial charge in [-0.05, 0) is 68.7 Å². The number of nitrogens with zero attached hydrogens (tertiary/aromatic N) is 7. The van der Waals surface area contributed by atoms with Gasteiger partial charge in [0.2, 0.25) is 11.0 Å². The number of anilines is 2. The van der Waals surface area contributed by atoms with Crippen LogP contribution in [0.4, 0.5) is 10.8 Å². The average molecular weight is 584 g/mol. The molecule has 0 aromatic carbocycles. The number of aromatic nitrogens is 5. The first kappa shape index (κ1) is 26.8. The lowest BCUT2D eigenvalue weighted by atomic mass is 9.92. The van der Waals surface area contributed by atoms with E-state index in [1.165, 1.54) is 0 Å². The minimum absolute atomic E-state index is 0.0496. The molecule has 1 saturated carbocycles. The van der Waals surface area contributed by atoms with Crippen LogP contribution in [0.25, 0.3) is 27.5 Å². The number of nitriles is 1. The number of nitrogens with one attached hydrogen (secondary N) is 2. The molecule has 4 aromatic rings. The third-order valence-electron chi connectivity index (χ3n) is 8.95. The van der Waals surface area contributed by atoms with E-state index in [1.54, 1.807) is 24.5 Å². The zero-order valence-electron chi connectivity index (χ0n) is 23.7. The molecule has 1 amide bonds. The SMILES string of the molecule is CC(=O)N[C@H]1[C@@H]2CC[C@H]1CN(c1nnc(-c3cnc(-c4ccc5cc(C#N)cnn45)cc3NC3(C)CCOCC3)s1)C2. The summed E-state index contributed by atoms with van der Waals surface area (Å²) >= 11 is 1.59. The first-order chi connectivity index (χ1) is 20.4. The molecule has 3 fully saturated rings. The molecule has 2 bridgehead atoms. The smallest absolute Gasteiger partial charge is 0.217 e. The Morgan fingerprint density at radius 1 is 1.14 bits per heavy atom. The van der Waals surface area contributed by atoms with Gasteiger partial charge in [-0.3, -0.25) is 9.78 Å². The summed E-state index contributed by atoms with van der Waals surface area (Å²) in [4.78, 5) is 18.9. The molecule has 7 rings (SSSR count). The average Bonchev–Trinajstić information content (AvgIpc) is 3.68. The maximum Gasteiger partial charge on any atom is 0.217 e. The van der Waals surface area contributed by atoms with E-state index in [1.807, 2.05) is 28.9 Å². The van der Waals surface area contributed by atoms with Crippen molar-refractivity contribution in [2.75, 3.05) is 36.5 Å². The highest BCUT2D eigenvalue weighted by atomic mass is 32.1. The van der Waals surface area contributed by atoms with Crippen molar-refractivity contribution < 1.29 is 9.53 Å². The summed E-state index contributed by atoms with van der Waals surface area (Å²) in [5, 5.41) is 31.8. The third kappa shape index (κ3) is 4.97. The van der Waals surface area contributed by atoms with Crippen LogP contribution < -0.4 is 15.5 Å². The molecule has 2 N–H and O–H groups in total. The van der Waals surface area contributed by atoms with Gasteiger partial charge >= 0.3 is 0 Å². The number of carbonyl (C=O) groups is 1. The maximum atomic E-state index is 11.7. The van der Waals surface area contributed by atoms with E-state index in [0.717, 1.165) is 77.1 Å². The van der Waals surface area contributed by atoms with Crippen molar-refractivity contribution >= 4 is 33.6 Å². The molecule has 3 aliphatic rings. The number of fused-ring (bicyclic) bond motifs is 3. The molecule has 0 spiro atoms. The Balaban J connectivity index is 1.21. The second-order valence-corrected chi connectivity index (χ2v) is 12.9. The van der Waals surface area contributed by atoms with Gasteiger partial charge in [0.15, 0.2) is 5.01 Å². The highest BCUT2D eigenvalue weighted by Crippen LogP contribution is 2.42. The van der Waals surface area contributed by atoms with Gasteiger partial charge in [-0.25, -0.2) is 4.52 Å². The number of hydrogen-bond donors (Lipinski definition) is 2. The molecule has 216 valence electrons. The summed E-state index contributed by atoms with van der Waals surface area (Å²) in [6.07, 6.45) is 7.48. The first-order valence-corrected chi connectivity index (χ1v) is 15.3. The summed E-state index contributed by atoms with van der Waals surface area (Å²) < 4.78 is 7.46. The molecule has 3 atom stereocenters. The van der Waals surface area contributed by atoms with E-state index in [4.69, 9.17) is 9.72 Å². The number of pyridine rings is 1. The monoisotopic (exact) mass is 583 g/mol. The molecule has 0 radical (unpaired) electrons. The highest BCUT2D eigenvalue weighted by molar-refractivity contribution is 7.18. The molecular formula is C30H33N9O2S. The molecule has 11 nitrogen and oxygen atoms in total. The molecular weight excluding hydrogens is 550 g/mol. The Labute approximate surface area is 247 Å². The van der Waals surface area contributed by atoms with Crippen LogP contribution in [0.2, 0.25) is 0 Å². The summed E-state index contributed by atoms with van der Waals surface area (Å²) in [7, 11) is 0. The van der Waals surface area contributed by atoms with Crippen molar-refractivity contribution in [2.24, 2.45) is 11.8 Å². The van der Waals surface area contributed by atoms with Crippen LogP contribution >= 0.6 is 11.3 Å². The number of hydrogen-bond acceptors (Lipinski definition) is 10. The number of ether oxygens (including phenoxy) is 1. The number of amides is 1. The molecule has 12 heteroatoms. The van der Waals surface area contributed by atoms with Crippen molar-refractivity contribution in [3.63, 3.8) is 0 Å². The van der Waals surface area contributed by atoms with Crippen LogP contribution in [-0.2, 0) is 9.53 Å². The van der Waals surface area contributed by atoms with Gasteiger partial charge in [-0.15, -0.1) is 10.2 Å². The third-order valence-corrected chi connectivity index (χ3v) is 9.96. The number of carbonyl (C=O) groups excluding carboxylic acids is 1. The summed E-state index contributed by atoms with van der Waals surface area (Å²) in [6, 6.07) is 10.2. The summed E-state index contributed by atoms with van der Waals surface area (Å²) in [6.45, 7) is 7.01. The Morgan fingerprint density at radius 2 is 1.93 bits per heavy atom. The molecule has 2 aliphatic heterocycles. The molecule has 2 saturated heterocycles. The Morgan fingerprint density at radius 3 is 2.67 bits per heavy atom. The van der Waals surface area contributed by atoms with E-state index in [9.17, 15) is 10.1 Å². The van der Waals surface area contributed by atoms with Crippen molar-refractivity contribution in [3.05, 3.63) is 42.2 Å². The van der Waals surface area contributed by atoms with Crippen molar-refractivity contribution in [1.29, 1.82) is 5.26 Å². The summed E-state index contributed by atoms with van der Waals surface area (Å²) in [5.41, 5.74) is 4.69. The van der Waals surface area contributed by atoms with Gasteiger partial charge < -0.3 is 20.3 Å². The van der Waals surface area contributed by atoms with Gasteiger partial charge in [-0.2, -0.15) is 10.4 Å². The van der Waals surface area contributed by atoms with E-state index in [2.05, 4.69) is 49.9 Å². The fourth-order valence-electron chi connectivity index (χ4n) is 6.70. The molecule has 1 aliphatic carbocycles. The standard InChI is InChI=1S/C30H33N9O2S/c1-18(40)34-27-20-3-4-21(27)17-38(16-20)29-37-36-28(42-29)23-15-32-25(12-24(23)35-30(2)7-9-41-10-8-30)26-6-5-22-11-19(13-31)14-33-39(22)26/h5-6,11-12,14-15,20-21,27H,3-4,7-10,16-17H2,1-2H3,(H,32,35)(H,34,40)/t20-,21+,27+. The zero-order chi connectivity index (χ0) is 28.8. The Hall–Kier alpha value is -4.08. The number of rotatable bonds is 6. The second kappa shape index (κ2) is 10.6. The molecule has 6 heterocycles. The summed E-state index contributed by atoms with van der Waals surface area (Å²) in [5.74, 6) is 0.913. The van der Waals surface area contributed by atoms with Gasteiger partial charge in [-0.1, -0.05) is 11.3 Å². The zero-order valence-corrected chi connectivity index (χ0v) is 24.5. The Kier molecular flexibility index (Phi) is 6.79. The second-order valence-electron chi connectivity index (χ2n) is 11.9. The lowest BCUT2D eigenvalue weighted by Crippen LogP contribution is -2.52. The lowest BCUT2D eigenvalue weighted by molar-refractivity contribution is -0.120. The van der Waals surface area contributed by atoms with Crippen LogP contribution in [0.1, 0.15) is 45.1 Å². The quantitative estimate of drug-likeness (QED) is 0.344. The van der Waals surface area contributed by atoms with E-state index < -0.39 is 0 Å². The Bertz CT molecular complexity index is 1670. The lowest BCUT2D eigenvalue weighted by Gasteiger charge is -2.37. The number of piperidine rings is 1. The van der Waals surface area contributed by atoms with Crippen LogP contribution in [0.3, 0.4) is 0 Å². The molecule has 0 unspecified atom stereocenters. The van der Waals surface area contributed by atoms with E-state index in [-0.39, 0.29) is 17.5 Å². The van der Waals surface area contributed by atoms with E-state index >= 15 is 0 Å². The van der Waals surface area contributed by atoms with E-state index in [0.29, 0.717) is 30.6 Å². The van der Waals surface area contributed by atoms with Crippen LogP contribution in [0.15, 0.2) is 36.7 Å². The van der Waals surface area contributed by atoms with Crippen molar-refractivity contribution in [1.82, 2.24) is 30.1 Å². The van der Waals surface area contributed by atoms with Gasteiger partial charge in [0, 0.05) is 56.7 Å². The fraction of sp³-hybridized carbons (Fsp3) is 0.467.